The fourth-order valence-electron chi connectivity index (χ4n) is 3.06. The van der Waals surface area contributed by atoms with Crippen LogP contribution in [0.3, 0.4) is 0 Å². The summed E-state index contributed by atoms with van der Waals surface area (Å²) in [5, 5.41) is 9.01. The van der Waals surface area contributed by atoms with E-state index >= 15 is 0 Å². The first-order valence-electron chi connectivity index (χ1n) is 7.42. The maximum atomic E-state index is 11.0. The number of fused-ring (bicyclic) bond motifs is 1. The number of methoxy groups -OCH3 is 2. The van der Waals surface area contributed by atoms with Crippen LogP contribution in [0.25, 0.3) is 0 Å². The highest BCUT2D eigenvalue weighted by atomic mass is 16.5. The fraction of sp³-hybridized carbons (Fsp3) is 0.471. The van der Waals surface area contributed by atoms with Gasteiger partial charge in [-0.15, -0.1) is 6.58 Å². The van der Waals surface area contributed by atoms with E-state index in [1.54, 1.807) is 14.2 Å². The van der Waals surface area contributed by atoms with Crippen LogP contribution in [0.2, 0.25) is 0 Å². The lowest BCUT2D eigenvalue weighted by Crippen LogP contribution is -2.36. The molecule has 0 fully saturated rings. The van der Waals surface area contributed by atoms with Crippen molar-refractivity contribution in [2.75, 3.05) is 27.3 Å². The number of ether oxygens (including phenoxy) is 2. The zero-order chi connectivity index (χ0) is 16.1. The average molecular weight is 305 g/mol. The highest BCUT2D eigenvalue weighted by Gasteiger charge is 2.28. The van der Waals surface area contributed by atoms with E-state index < -0.39 is 5.97 Å². The molecule has 0 bridgehead atoms. The molecule has 1 aliphatic heterocycles. The van der Waals surface area contributed by atoms with E-state index in [0.29, 0.717) is 12.2 Å². The zero-order valence-electron chi connectivity index (χ0n) is 13.2. The quantitative estimate of drug-likeness (QED) is 0.785. The molecule has 1 aliphatic rings. The molecule has 2 rings (SSSR count). The van der Waals surface area contributed by atoms with E-state index in [1.165, 1.54) is 5.56 Å². The first-order valence-corrected chi connectivity index (χ1v) is 7.42. The summed E-state index contributed by atoms with van der Waals surface area (Å²) in [6.07, 6.45) is 3.49. The summed E-state index contributed by atoms with van der Waals surface area (Å²) >= 11 is 0. The molecule has 0 radical (unpaired) electrons. The molecule has 1 unspecified atom stereocenters. The second-order valence-electron chi connectivity index (χ2n) is 5.39. The molecule has 120 valence electrons. The van der Waals surface area contributed by atoms with Crippen LogP contribution >= 0.6 is 0 Å². The predicted molar refractivity (Wildman–Crippen MR) is 84.6 cm³/mol. The van der Waals surface area contributed by atoms with E-state index in [9.17, 15) is 4.79 Å². The van der Waals surface area contributed by atoms with E-state index in [-0.39, 0.29) is 12.5 Å². The number of carbonyl (C=O) groups is 1. The summed E-state index contributed by atoms with van der Waals surface area (Å²) in [6, 6.07) is 4.06. The van der Waals surface area contributed by atoms with E-state index in [0.717, 1.165) is 30.8 Å². The molecular formula is C17H23NO4. The normalized spacial score (nSPS) is 17.6. The molecule has 0 aliphatic carbocycles. The Balaban J connectivity index is 2.38. The van der Waals surface area contributed by atoms with Gasteiger partial charge < -0.3 is 14.6 Å². The maximum absolute atomic E-state index is 11.0. The van der Waals surface area contributed by atoms with Crippen molar-refractivity contribution in [2.24, 2.45) is 0 Å². The molecule has 0 spiro atoms. The lowest BCUT2D eigenvalue weighted by atomic mass is 9.89. The summed E-state index contributed by atoms with van der Waals surface area (Å²) in [6.45, 7) is 5.43. The number of hydrogen-bond acceptors (Lipinski definition) is 4. The van der Waals surface area contributed by atoms with Crippen LogP contribution in [0, 0.1) is 0 Å². The Hall–Kier alpha value is -2.01. The second kappa shape index (κ2) is 7.31. The van der Waals surface area contributed by atoms with Crippen LogP contribution < -0.4 is 9.47 Å². The van der Waals surface area contributed by atoms with Gasteiger partial charge in [-0.05, 0) is 36.1 Å². The van der Waals surface area contributed by atoms with Crippen LogP contribution in [-0.4, -0.2) is 43.3 Å². The lowest BCUT2D eigenvalue weighted by molar-refractivity contribution is -0.137. The highest BCUT2D eigenvalue weighted by molar-refractivity contribution is 5.66. The number of benzene rings is 1. The first kappa shape index (κ1) is 16.4. The number of aliphatic carboxylic acids is 1. The average Bonchev–Trinajstić information content (AvgIpc) is 2.52. The molecule has 5 heteroatoms. The van der Waals surface area contributed by atoms with Crippen LogP contribution in [0.5, 0.6) is 11.5 Å². The van der Waals surface area contributed by atoms with Crippen molar-refractivity contribution in [1.29, 1.82) is 0 Å². The van der Waals surface area contributed by atoms with Gasteiger partial charge in [0.1, 0.15) is 0 Å². The summed E-state index contributed by atoms with van der Waals surface area (Å²) in [4.78, 5) is 13.2. The second-order valence-corrected chi connectivity index (χ2v) is 5.39. The predicted octanol–water partition coefficient (Wildman–Crippen LogP) is 2.65. The van der Waals surface area contributed by atoms with E-state index in [4.69, 9.17) is 14.6 Å². The summed E-state index contributed by atoms with van der Waals surface area (Å²) < 4.78 is 10.8. The fourth-order valence-corrected chi connectivity index (χ4v) is 3.06. The smallest absolute Gasteiger partial charge is 0.303 e. The van der Waals surface area contributed by atoms with Gasteiger partial charge in [0.25, 0.3) is 0 Å². The van der Waals surface area contributed by atoms with Crippen molar-refractivity contribution in [3.05, 3.63) is 35.9 Å². The molecule has 0 aromatic heterocycles. The molecule has 0 saturated heterocycles. The van der Waals surface area contributed by atoms with Crippen LogP contribution in [0.1, 0.15) is 30.0 Å². The number of nitrogens with zero attached hydrogens (tertiary/aromatic N) is 1. The standard InChI is InChI=1S/C17H23NO4/c1-4-8-18-9-7-12-10-15(21-2)16(22-3)11-13(12)14(18)5-6-17(19)20/h4,10-11,14H,1,5-9H2,2-3H3,(H,19,20). The topological polar surface area (TPSA) is 59.0 Å². The summed E-state index contributed by atoms with van der Waals surface area (Å²) in [5.41, 5.74) is 2.33. The molecule has 1 aromatic rings. The molecular weight excluding hydrogens is 282 g/mol. The van der Waals surface area contributed by atoms with Crippen molar-refractivity contribution >= 4 is 5.97 Å². The Morgan fingerprint density at radius 1 is 1.41 bits per heavy atom. The third-order valence-electron chi connectivity index (χ3n) is 4.11. The number of carboxylic acids is 1. The third kappa shape index (κ3) is 3.42. The van der Waals surface area contributed by atoms with Gasteiger partial charge in [-0.1, -0.05) is 6.08 Å². The van der Waals surface area contributed by atoms with Gasteiger partial charge in [0.15, 0.2) is 11.5 Å². The first-order chi connectivity index (χ1) is 10.6. The Labute approximate surface area is 131 Å². The van der Waals surface area contributed by atoms with Gasteiger partial charge >= 0.3 is 5.97 Å². The molecule has 0 saturated carbocycles. The van der Waals surface area contributed by atoms with Crippen molar-refractivity contribution in [3.63, 3.8) is 0 Å². The lowest BCUT2D eigenvalue weighted by Gasteiger charge is -2.37. The maximum Gasteiger partial charge on any atom is 0.303 e. The van der Waals surface area contributed by atoms with Gasteiger partial charge in [0, 0.05) is 25.6 Å². The Morgan fingerprint density at radius 3 is 2.68 bits per heavy atom. The molecule has 1 heterocycles. The van der Waals surface area contributed by atoms with Gasteiger partial charge in [-0.2, -0.15) is 0 Å². The van der Waals surface area contributed by atoms with Gasteiger partial charge in [0.05, 0.1) is 14.2 Å². The molecule has 1 aromatic carbocycles. The monoisotopic (exact) mass is 305 g/mol. The molecule has 5 nitrogen and oxygen atoms in total. The zero-order valence-corrected chi connectivity index (χ0v) is 13.2. The van der Waals surface area contributed by atoms with Gasteiger partial charge in [-0.25, -0.2) is 0 Å². The van der Waals surface area contributed by atoms with Crippen LogP contribution in [0.4, 0.5) is 0 Å². The molecule has 1 atom stereocenters. The Kier molecular flexibility index (Phi) is 5.44. The minimum Gasteiger partial charge on any atom is -0.493 e. The van der Waals surface area contributed by atoms with Gasteiger partial charge in [0.2, 0.25) is 0 Å². The van der Waals surface area contributed by atoms with Crippen molar-refractivity contribution in [1.82, 2.24) is 4.90 Å². The number of hydrogen-bond donors (Lipinski definition) is 1. The van der Waals surface area contributed by atoms with Gasteiger partial charge in [-0.3, -0.25) is 9.69 Å². The van der Waals surface area contributed by atoms with Crippen LogP contribution in [-0.2, 0) is 11.2 Å². The van der Waals surface area contributed by atoms with E-state index in [1.807, 2.05) is 18.2 Å². The molecule has 22 heavy (non-hydrogen) atoms. The molecule has 1 N–H and O–H groups in total. The minimum absolute atomic E-state index is 0.0673. The van der Waals surface area contributed by atoms with Crippen molar-refractivity contribution in [3.8, 4) is 11.5 Å². The highest BCUT2D eigenvalue weighted by Crippen LogP contribution is 2.39. The van der Waals surface area contributed by atoms with Crippen molar-refractivity contribution in [2.45, 2.75) is 25.3 Å². The minimum atomic E-state index is -0.772. The summed E-state index contributed by atoms with van der Waals surface area (Å²) in [5.74, 6) is 0.628. The van der Waals surface area contributed by atoms with Crippen LogP contribution in [0.15, 0.2) is 24.8 Å². The molecule has 0 amide bonds. The largest absolute Gasteiger partial charge is 0.493 e. The van der Waals surface area contributed by atoms with E-state index in [2.05, 4.69) is 11.5 Å². The SMILES string of the molecule is C=CCN1CCc2cc(OC)c(OC)cc2C1CCC(=O)O. The number of carboxylic acid groups (broad SMARTS) is 1. The summed E-state index contributed by atoms with van der Waals surface area (Å²) in [7, 11) is 3.24. The Bertz CT molecular complexity index is 556. The van der Waals surface area contributed by atoms with Crippen molar-refractivity contribution < 1.29 is 19.4 Å². The number of rotatable bonds is 7. The third-order valence-corrected chi connectivity index (χ3v) is 4.11. The Morgan fingerprint density at radius 2 is 2.09 bits per heavy atom.